The predicted octanol–water partition coefficient (Wildman–Crippen LogP) is 6.86. The van der Waals surface area contributed by atoms with E-state index in [1.54, 1.807) is 24.4 Å². The highest BCUT2D eigenvalue weighted by atomic mass is 35.5. The van der Waals surface area contributed by atoms with Gasteiger partial charge in [0.25, 0.3) is 0 Å². The van der Waals surface area contributed by atoms with Crippen molar-refractivity contribution in [2.75, 3.05) is 10.5 Å². The maximum Gasteiger partial charge on any atom is 0.201 e. The number of benzene rings is 2. The average molecular weight is 458 g/mol. The van der Waals surface area contributed by atoms with Crippen molar-refractivity contribution >= 4 is 46.1 Å². The molecular weight excluding hydrogens is 440 g/mol. The molecule has 0 aliphatic rings. The molecule has 2 aromatic carbocycles. The number of rotatable bonds is 7. The van der Waals surface area contributed by atoms with Crippen molar-refractivity contribution in [1.82, 2.24) is 9.97 Å². The molecule has 0 saturated heterocycles. The number of nitrogens with one attached hydrogen (secondary N) is 2. The van der Waals surface area contributed by atoms with Crippen LogP contribution in [0.2, 0.25) is 5.02 Å². The van der Waals surface area contributed by atoms with Crippen LogP contribution in [-0.2, 0) is 0 Å². The topological polar surface area (TPSA) is 57.8 Å². The van der Waals surface area contributed by atoms with Crippen LogP contribution >= 0.6 is 23.5 Å². The van der Waals surface area contributed by atoms with Gasteiger partial charge in [-0.1, -0.05) is 42.6 Å². The van der Waals surface area contributed by atoms with Crippen LogP contribution in [0.4, 0.5) is 14.5 Å². The first-order valence-corrected chi connectivity index (χ1v) is 11.0. The van der Waals surface area contributed by atoms with Crippen LogP contribution in [0.25, 0.3) is 22.2 Å². The molecule has 0 bridgehead atoms. The molecule has 4 aromatic rings. The Morgan fingerprint density at radius 1 is 1.16 bits per heavy atom. The Morgan fingerprint density at radius 3 is 2.68 bits per heavy atom. The third kappa shape index (κ3) is 4.29. The second kappa shape index (κ2) is 9.08. The maximum atomic E-state index is 15.0. The van der Waals surface area contributed by atoms with Crippen molar-refractivity contribution in [1.29, 1.82) is 0 Å². The summed E-state index contributed by atoms with van der Waals surface area (Å²) in [5, 5.41) is 1.09. The summed E-state index contributed by atoms with van der Waals surface area (Å²) in [5.74, 6) is -1.82. The van der Waals surface area contributed by atoms with E-state index in [0.29, 0.717) is 16.1 Å². The van der Waals surface area contributed by atoms with Gasteiger partial charge >= 0.3 is 0 Å². The lowest BCUT2D eigenvalue weighted by atomic mass is 10.00. The van der Waals surface area contributed by atoms with Crippen LogP contribution in [0.15, 0.2) is 54.9 Å². The highest BCUT2D eigenvalue weighted by Gasteiger charge is 2.24. The van der Waals surface area contributed by atoms with Crippen molar-refractivity contribution in [3.63, 3.8) is 0 Å². The third-order valence-corrected chi connectivity index (χ3v) is 5.99. The molecule has 4 rings (SSSR count). The van der Waals surface area contributed by atoms with Crippen LogP contribution in [0.5, 0.6) is 0 Å². The van der Waals surface area contributed by atoms with Gasteiger partial charge in [-0.3, -0.25) is 4.79 Å². The third-order valence-electron chi connectivity index (χ3n) is 4.76. The standard InChI is InChI=1S/C23H18ClF2N3OS/c1-2-9-31-29-19-8-7-18(25)20(21(19)26)22(30)17-12-28-23-16(17)10-14(11-27-23)13-3-5-15(24)6-4-13/h3-8,10-12,29H,2,9H2,1H3,(H,27,28). The van der Waals surface area contributed by atoms with Crippen LogP contribution in [-0.4, -0.2) is 21.5 Å². The molecule has 2 N–H and O–H groups in total. The van der Waals surface area contributed by atoms with Crippen LogP contribution in [0.1, 0.15) is 29.3 Å². The van der Waals surface area contributed by atoms with Gasteiger partial charge in [0.1, 0.15) is 11.5 Å². The summed E-state index contributed by atoms with van der Waals surface area (Å²) in [7, 11) is 0. The first kappa shape index (κ1) is 21.3. The Balaban J connectivity index is 1.75. The van der Waals surface area contributed by atoms with Gasteiger partial charge in [0.05, 0.1) is 11.3 Å². The molecule has 0 atom stereocenters. The average Bonchev–Trinajstić information content (AvgIpc) is 3.19. The van der Waals surface area contributed by atoms with Crippen molar-refractivity contribution < 1.29 is 13.6 Å². The van der Waals surface area contributed by atoms with Gasteiger partial charge in [-0.15, -0.1) is 0 Å². The highest BCUT2D eigenvalue weighted by Crippen LogP contribution is 2.30. The SMILES string of the molecule is CCCSNc1ccc(F)c(C(=O)c2c[nH]c3ncc(-c4ccc(Cl)cc4)cc23)c1F. The summed E-state index contributed by atoms with van der Waals surface area (Å²) < 4.78 is 32.4. The van der Waals surface area contributed by atoms with Crippen molar-refractivity contribution in [2.45, 2.75) is 13.3 Å². The van der Waals surface area contributed by atoms with E-state index < -0.39 is 23.0 Å². The number of hydrogen-bond donors (Lipinski definition) is 2. The Hall–Kier alpha value is -2.90. The molecule has 0 saturated carbocycles. The minimum atomic E-state index is -0.912. The van der Waals surface area contributed by atoms with Crippen molar-refractivity contribution in [3.8, 4) is 11.1 Å². The number of fused-ring (bicyclic) bond motifs is 1. The number of nitrogens with zero attached hydrogens (tertiary/aromatic N) is 1. The number of carbonyl (C=O) groups excluding carboxylic acids is 1. The first-order chi connectivity index (χ1) is 15.0. The van der Waals surface area contributed by atoms with E-state index in [1.807, 2.05) is 19.1 Å². The highest BCUT2D eigenvalue weighted by molar-refractivity contribution is 8.00. The number of aromatic amines is 1. The fourth-order valence-electron chi connectivity index (χ4n) is 3.20. The number of hydrogen-bond acceptors (Lipinski definition) is 4. The van der Waals surface area contributed by atoms with Gasteiger partial charge in [0.2, 0.25) is 5.78 Å². The summed E-state index contributed by atoms with van der Waals surface area (Å²) in [5.41, 5.74) is 1.69. The summed E-state index contributed by atoms with van der Waals surface area (Å²) in [4.78, 5) is 20.4. The normalized spacial score (nSPS) is 11.1. The fraction of sp³-hybridized carbons (Fsp3) is 0.130. The Labute approximate surface area is 187 Å². The zero-order valence-electron chi connectivity index (χ0n) is 16.5. The molecule has 4 nitrogen and oxygen atoms in total. The summed E-state index contributed by atoms with van der Waals surface area (Å²) in [6.07, 6.45) is 3.98. The zero-order valence-corrected chi connectivity index (χ0v) is 18.1. The number of ketones is 1. The summed E-state index contributed by atoms with van der Waals surface area (Å²) >= 11 is 7.25. The minimum absolute atomic E-state index is 0.0722. The van der Waals surface area contributed by atoms with Crippen molar-refractivity contribution in [3.05, 3.63) is 82.6 Å². The molecular formula is C23H18ClF2N3OS. The van der Waals surface area contributed by atoms with Gasteiger partial charge < -0.3 is 9.71 Å². The summed E-state index contributed by atoms with van der Waals surface area (Å²) in [6.45, 7) is 1.99. The van der Waals surface area contributed by atoms with E-state index in [1.165, 1.54) is 24.2 Å². The van der Waals surface area contributed by atoms with Gasteiger partial charge in [-0.25, -0.2) is 13.8 Å². The predicted molar refractivity (Wildman–Crippen MR) is 123 cm³/mol. The molecule has 0 radical (unpaired) electrons. The van der Waals surface area contributed by atoms with E-state index in [4.69, 9.17) is 11.6 Å². The van der Waals surface area contributed by atoms with E-state index in [-0.39, 0.29) is 11.3 Å². The van der Waals surface area contributed by atoms with Gasteiger partial charge in [-0.05, 0) is 42.3 Å². The molecule has 0 spiro atoms. The number of anilines is 1. The minimum Gasteiger partial charge on any atom is -0.345 e. The van der Waals surface area contributed by atoms with Crippen molar-refractivity contribution in [2.24, 2.45) is 0 Å². The van der Waals surface area contributed by atoms with Crippen LogP contribution in [0, 0.1) is 11.6 Å². The quantitative estimate of drug-likeness (QED) is 0.181. The van der Waals surface area contributed by atoms with E-state index >= 15 is 4.39 Å². The maximum absolute atomic E-state index is 15.0. The molecule has 0 fully saturated rings. The number of pyridine rings is 1. The smallest absolute Gasteiger partial charge is 0.201 e. The van der Waals surface area contributed by atoms with E-state index in [2.05, 4.69) is 14.7 Å². The van der Waals surface area contributed by atoms with Gasteiger partial charge in [0.15, 0.2) is 5.82 Å². The number of halogens is 3. The molecule has 158 valence electrons. The Kier molecular flexibility index (Phi) is 6.25. The zero-order chi connectivity index (χ0) is 22.0. The molecule has 2 heterocycles. The van der Waals surface area contributed by atoms with Crippen LogP contribution in [0.3, 0.4) is 0 Å². The Bertz CT molecular complexity index is 1260. The van der Waals surface area contributed by atoms with Crippen LogP contribution < -0.4 is 4.72 Å². The molecule has 31 heavy (non-hydrogen) atoms. The lowest BCUT2D eigenvalue weighted by Crippen LogP contribution is -2.09. The Morgan fingerprint density at radius 2 is 1.94 bits per heavy atom. The van der Waals surface area contributed by atoms with Gasteiger partial charge in [-0.2, -0.15) is 0 Å². The second-order valence-corrected chi connectivity index (χ2v) is 8.23. The summed E-state index contributed by atoms with van der Waals surface area (Å²) in [6, 6.07) is 11.3. The molecule has 8 heteroatoms. The monoisotopic (exact) mass is 457 g/mol. The van der Waals surface area contributed by atoms with Gasteiger partial charge in [0, 0.05) is 39.7 Å². The molecule has 0 aliphatic carbocycles. The lowest BCUT2D eigenvalue weighted by molar-refractivity contribution is 0.103. The van der Waals surface area contributed by atoms with E-state index in [0.717, 1.165) is 29.4 Å². The first-order valence-electron chi connectivity index (χ1n) is 9.63. The fourth-order valence-corrected chi connectivity index (χ4v) is 3.94. The second-order valence-electron chi connectivity index (χ2n) is 6.89. The van der Waals surface area contributed by atoms with E-state index in [9.17, 15) is 9.18 Å². The molecule has 2 aromatic heterocycles. The molecule has 0 amide bonds. The molecule has 0 unspecified atom stereocenters. The largest absolute Gasteiger partial charge is 0.345 e. The number of H-pyrrole nitrogens is 1. The number of carbonyl (C=O) groups is 1. The molecule has 0 aliphatic heterocycles. The number of aromatic nitrogens is 2. The lowest BCUT2D eigenvalue weighted by Gasteiger charge is -2.10.